The zero-order valence-corrected chi connectivity index (χ0v) is 19.2. The van der Waals surface area contributed by atoms with E-state index in [-0.39, 0.29) is 30.4 Å². The number of hydrogen-bond donors (Lipinski definition) is 2. The van der Waals surface area contributed by atoms with Crippen LogP contribution >= 0.6 is 0 Å². The van der Waals surface area contributed by atoms with Crippen LogP contribution in [0.2, 0.25) is 0 Å². The Morgan fingerprint density at radius 2 is 1.85 bits per heavy atom. The zero-order chi connectivity index (χ0) is 24.7. The van der Waals surface area contributed by atoms with E-state index in [0.29, 0.717) is 29.8 Å². The number of benzene rings is 2. The molecular weight excluding hydrogens is 437 g/mol. The summed E-state index contributed by atoms with van der Waals surface area (Å²) >= 11 is 0. The van der Waals surface area contributed by atoms with Gasteiger partial charge in [0.25, 0.3) is 5.91 Å². The summed E-state index contributed by atoms with van der Waals surface area (Å²) in [5, 5.41) is 9.25. The molecule has 0 unspecified atom stereocenters. The Labute approximate surface area is 198 Å². The Bertz CT molecular complexity index is 1050. The topological polar surface area (TPSA) is 126 Å². The predicted molar refractivity (Wildman–Crippen MR) is 126 cm³/mol. The molecule has 1 aliphatic heterocycles. The van der Waals surface area contributed by atoms with Crippen LogP contribution < -0.4 is 21.1 Å². The van der Waals surface area contributed by atoms with Gasteiger partial charge in [-0.2, -0.15) is 5.26 Å². The lowest BCUT2D eigenvalue weighted by Gasteiger charge is -2.41. The van der Waals surface area contributed by atoms with E-state index >= 15 is 0 Å². The maximum absolute atomic E-state index is 14.6. The Kier molecular flexibility index (Phi) is 8.44. The van der Waals surface area contributed by atoms with Crippen molar-refractivity contribution in [1.29, 1.82) is 5.26 Å². The first-order valence-corrected chi connectivity index (χ1v) is 11.3. The number of halogens is 1. The number of anilines is 1. The van der Waals surface area contributed by atoms with Crippen molar-refractivity contribution >= 4 is 17.5 Å². The maximum atomic E-state index is 14.6. The lowest BCUT2D eigenvalue weighted by Crippen LogP contribution is -2.48. The maximum Gasteiger partial charge on any atom is 0.255 e. The number of piperidine rings is 1. The van der Waals surface area contributed by atoms with Gasteiger partial charge in [0.1, 0.15) is 11.6 Å². The van der Waals surface area contributed by atoms with Crippen molar-refractivity contribution in [3.05, 3.63) is 59.4 Å². The van der Waals surface area contributed by atoms with Gasteiger partial charge >= 0.3 is 0 Å². The van der Waals surface area contributed by atoms with Gasteiger partial charge < -0.3 is 21.1 Å². The fraction of sp³-hybridized carbons (Fsp3) is 0.400. The molecule has 0 saturated carbocycles. The fourth-order valence-corrected chi connectivity index (χ4v) is 4.33. The highest BCUT2D eigenvalue weighted by Gasteiger charge is 2.28. The van der Waals surface area contributed by atoms with Crippen LogP contribution in [0.3, 0.4) is 0 Å². The normalized spacial score (nSPS) is 15.3. The lowest BCUT2D eigenvalue weighted by atomic mass is 9.99. The quantitative estimate of drug-likeness (QED) is 0.552. The molecule has 0 aromatic heterocycles. The first-order chi connectivity index (χ1) is 16.3. The van der Waals surface area contributed by atoms with Crippen molar-refractivity contribution in [1.82, 2.24) is 4.90 Å². The Balaban J connectivity index is 1.81. The van der Waals surface area contributed by atoms with E-state index in [1.54, 1.807) is 18.2 Å². The highest BCUT2D eigenvalue weighted by Crippen LogP contribution is 2.29. The van der Waals surface area contributed by atoms with Gasteiger partial charge in [-0.1, -0.05) is 0 Å². The summed E-state index contributed by atoms with van der Waals surface area (Å²) in [5.74, 6) is -0.730. The van der Waals surface area contributed by atoms with Gasteiger partial charge in [-0.05, 0) is 62.2 Å². The summed E-state index contributed by atoms with van der Waals surface area (Å²) in [6, 6.07) is 13.9. The summed E-state index contributed by atoms with van der Waals surface area (Å²) < 4.78 is 20.0. The largest absolute Gasteiger partial charge is 0.484 e. The average molecular weight is 468 g/mol. The number of ether oxygens (including phenoxy) is 1. The molecule has 1 atom stereocenters. The molecule has 8 nitrogen and oxygen atoms in total. The van der Waals surface area contributed by atoms with Crippen molar-refractivity contribution in [3.63, 3.8) is 0 Å². The summed E-state index contributed by atoms with van der Waals surface area (Å²) in [7, 11) is 0. The summed E-state index contributed by atoms with van der Waals surface area (Å²) in [5.41, 5.74) is 12.2. The number of likely N-dealkylation sites (tertiary alicyclic amines) is 1. The van der Waals surface area contributed by atoms with Crippen LogP contribution in [0.4, 0.5) is 10.1 Å². The molecule has 4 N–H and O–H groups in total. The second kappa shape index (κ2) is 11.5. The second-order valence-electron chi connectivity index (χ2n) is 8.58. The Hall–Kier alpha value is -3.64. The SMILES string of the molecule is C[C@H](CC(N)=O)N1CCC(N(Cc2cc(C#N)ccc2F)c2ccc(OCC(N)=O)cc2)CC1. The van der Waals surface area contributed by atoms with Crippen LogP contribution in [0, 0.1) is 17.1 Å². The van der Waals surface area contributed by atoms with Crippen LogP contribution in [0.15, 0.2) is 42.5 Å². The van der Waals surface area contributed by atoms with Gasteiger partial charge in [0, 0.05) is 49.4 Å². The molecule has 1 heterocycles. The van der Waals surface area contributed by atoms with Crippen LogP contribution in [0.25, 0.3) is 0 Å². The number of carbonyl (C=O) groups is 2. The van der Waals surface area contributed by atoms with Crippen molar-refractivity contribution in [3.8, 4) is 11.8 Å². The number of amides is 2. The van der Waals surface area contributed by atoms with E-state index in [9.17, 15) is 19.2 Å². The van der Waals surface area contributed by atoms with E-state index in [4.69, 9.17) is 16.2 Å². The predicted octanol–water partition coefficient (Wildman–Crippen LogP) is 2.30. The number of nitrogens with two attached hydrogens (primary N) is 2. The monoisotopic (exact) mass is 467 g/mol. The number of nitriles is 1. The third kappa shape index (κ3) is 6.68. The highest BCUT2D eigenvalue weighted by atomic mass is 19.1. The van der Waals surface area contributed by atoms with Crippen molar-refractivity contribution < 1.29 is 18.7 Å². The first kappa shape index (κ1) is 25.0. The van der Waals surface area contributed by atoms with Crippen LogP contribution in [-0.2, 0) is 16.1 Å². The van der Waals surface area contributed by atoms with Gasteiger partial charge in [-0.3, -0.25) is 14.5 Å². The molecule has 34 heavy (non-hydrogen) atoms. The summed E-state index contributed by atoms with van der Waals surface area (Å²) in [6.07, 6.45) is 1.96. The first-order valence-electron chi connectivity index (χ1n) is 11.3. The fourth-order valence-electron chi connectivity index (χ4n) is 4.33. The highest BCUT2D eigenvalue weighted by molar-refractivity contribution is 5.75. The van der Waals surface area contributed by atoms with Crippen molar-refractivity contribution in [2.45, 2.75) is 44.8 Å². The van der Waals surface area contributed by atoms with E-state index in [2.05, 4.69) is 15.9 Å². The minimum atomic E-state index is -0.559. The Morgan fingerprint density at radius 1 is 1.18 bits per heavy atom. The molecule has 0 spiro atoms. The van der Waals surface area contributed by atoms with Gasteiger partial charge in [0.15, 0.2) is 6.61 Å². The zero-order valence-electron chi connectivity index (χ0n) is 19.2. The van der Waals surface area contributed by atoms with E-state index in [1.165, 1.54) is 12.1 Å². The Morgan fingerprint density at radius 3 is 2.44 bits per heavy atom. The molecule has 2 aromatic rings. The molecule has 0 bridgehead atoms. The lowest BCUT2D eigenvalue weighted by molar-refractivity contribution is -0.120. The number of nitrogens with zero attached hydrogens (tertiary/aromatic N) is 3. The number of hydrogen-bond acceptors (Lipinski definition) is 6. The molecule has 3 rings (SSSR count). The minimum Gasteiger partial charge on any atom is -0.484 e. The molecule has 2 aromatic carbocycles. The number of carbonyl (C=O) groups excluding carboxylic acids is 2. The third-order valence-electron chi connectivity index (χ3n) is 6.12. The van der Waals surface area contributed by atoms with E-state index in [1.807, 2.05) is 19.1 Å². The molecule has 1 aliphatic rings. The second-order valence-corrected chi connectivity index (χ2v) is 8.58. The molecule has 2 amide bonds. The van der Waals surface area contributed by atoms with Crippen molar-refractivity contribution in [2.24, 2.45) is 11.5 Å². The van der Waals surface area contributed by atoms with Gasteiger partial charge in [-0.15, -0.1) is 0 Å². The molecule has 0 radical (unpaired) electrons. The molecule has 1 saturated heterocycles. The van der Waals surface area contributed by atoms with Gasteiger partial charge in [0.2, 0.25) is 5.91 Å². The smallest absolute Gasteiger partial charge is 0.255 e. The number of primary amides is 2. The van der Waals surface area contributed by atoms with Gasteiger partial charge in [-0.25, -0.2) is 4.39 Å². The molecule has 9 heteroatoms. The van der Waals surface area contributed by atoms with E-state index < -0.39 is 5.91 Å². The minimum absolute atomic E-state index is 0.0679. The average Bonchev–Trinajstić information content (AvgIpc) is 2.82. The van der Waals surface area contributed by atoms with Crippen LogP contribution in [0.1, 0.15) is 37.3 Å². The van der Waals surface area contributed by atoms with Gasteiger partial charge in [0.05, 0.1) is 11.6 Å². The molecule has 180 valence electrons. The number of rotatable bonds is 10. The summed E-state index contributed by atoms with van der Waals surface area (Å²) in [4.78, 5) is 26.7. The standard InChI is InChI=1S/C25H30FN5O3/c1-17(12-24(28)32)30-10-8-21(9-11-30)31(15-19-13-18(14-27)2-7-23(19)26)20-3-5-22(6-4-20)34-16-25(29)33/h2-7,13,17,21H,8-12,15-16H2,1H3,(H2,28,32)(H2,29,33)/t17-/m1/s1. The van der Waals surface area contributed by atoms with Crippen molar-refractivity contribution in [2.75, 3.05) is 24.6 Å². The van der Waals surface area contributed by atoms with Crippen LogP contribution in [0.5, 0.6) is 5.75 Å². The molecular formula is C25H30FN5O3. The van der Waals surface area contributed by atoms with E-state index in [0.717, 1.165) is 31.6 Å². The molecule has 0 aliphatic carbocycles. The molecule has 1 fully saturated rings. The third-order valence-corrected chi connectivity index (χ3v) is 6.12. The van der Waals surface area contributed by atoms with Crippen LogP contribution in [-0.4, -0.2) is 48.5 Å². The summed E-state index contributed by atoms with van der Waals surface area (Å²) in [6.45, 7) is 3.66.